The average Bonchev–Trinajstić information content (AvgIpc) is 2.98. The topological polar surface area (TPSA) is 67.8 Å². The monoisotopic (exact) mass is 324 g/mol. The summed E-state index contributed by atoms with van der Waals surface area (Å²) in [6.07, 6.45) is 3.33. The van der Waals surface area contributed by atoms with Crippen molar-refractivity contribution < 1.29 is 4.79 Å². The summed E-state index contributed by atoms with van der Waals surface area (Å²) < 4.78 is 0. The molecule has 0 spiro atoms. The Kier molecular flexibility index (Phi) is 4.43. The zero-order chi connectivity index (χ0) is 16.2. The van der Waals surface area contributed by atoms with Crippen molar-refractivity contribution in [1.82, 2.24) is 20.3 Å². The van der Waals surface area contributed by atoms with Crippen LogP contribution in [0.1, 0.15) is 33.9 Å². The Morgan fingerprint density at radius 1 is 1.13 bits per heavy atom. The van der Waals surface area contributed by atoms with Gasteiger partial charge in [-0.05, 0) is 25.5 Å². The maximum atomic E-state index is 12.5. The van der Waals surface area contributed by atoms with E-state index in [0.717, 1.165) is 5.56 Å². The molecule has 0 aliphatic rings. The molecule has 0 aliphatic heterocycles. The Morgan fingerprint density at radius 2 is 1.83 bits per heavy atom. The van der Waals surface area contributed by atoms with E-state index in [0.29, 0.717) is 21.4 Å². The van der Waals surface area contributed by atoms with E-state index in [4.69, 9.17) is 0 Å². The number of benzene rings is 1. The summed E-state index contributed by atoms with van der Waals surface area (Å²) in [6, 6.07) is 11.5. The van der Waals surface area contributed by atoms with Crippen molar-refractivity contribution in [3.63, 3.8) is 0 Å². The van der Waals surface area contributed by atoms with Crippen LogP contribution in [0.15, 0.2) is 48.8 Å². The highest BCUT2D eigenvalue weighted by Gasteiger charge is 2.19. The van der Waals surface area contributed by atoms with Crippen molar-refractivity contribution in [2.45, 2.75) is 19.9 Å². The Morgan fingerprint density at radius 3 is 2.52 bits per heavy atom. The largest absolute Gasteiger partial charge is 0.345 e. The van der Waals surface area contributed by atoms with Crippen LogP contribution in [-0.2, 0) is 0 Å². The molecule has 2 aromatic heterocycles. The highest BCUT2D eigenvalue weighted by Crippen LogP contribution is 2.25. The molecular formula is C17H16N4OS. The lowest BCUT2D eigenvalue weighted by molar-refractivity contribution is 0.0943. The van der Waals surface area contributed by atoms with Crippen LogP contribution in [0.4, 0.5) is 0 Å². The summed E-state index contributed by atoms with van der Waals surface area (Å²) in [4.78, 5) is 25.9. The molecule has 0 unspecified atom stereocenters. The average molecular weight is 324 g/mol. The van der Waals surface area contributed by atoms with Gasteiger partial charge in [0.1, 0.15) is 4.88 Å². The lowest BCUT2D eigenvalue weighted by Gasteiger charge is -2.13. The van der Waals surface area contributed by atoms with Crippen molar-refractivity contribution in [2.24, 2.45) is 0 Å². The van der Waals surface area contributed by atoms with Gasteiger partial charge in [-0.2, -0.15) is 0 Å². The number of aromatic nitrogens is 3. The third-order valence-electron chi connectivity index (χ3n) is 3.41. The second-order valence-electron chi connectivity index (χ2n) is 5.11. The second kappa shape index (κ2) is 6.66. The molecule has 1 aromatic carbocycles. The highest BCUT2D eigenvalue weighted by molar-refractivity contribution is 7.17. The van der Waals surface area contributed by atoms with Crippen LogP contribution in [0.5, 0.6) is 0 Å². The van der Waals surface area contributed by atoms with E-state index in [1.165, 1.54) is 11.3 Å². The number of rotatable bonds is 4. The van der Waals surface area contributed by atoms with Gasteiger partial charge in [-0.25, -0.2) is 15.0 Å². The molecule has 0 bridgehead atoms. The van der Waals surface area contributed by atoms with Gasteiger partial charge in [0.25, 0.3) is 5.91 Å². The quantitative estimate of drug-likeness (QED) is 0.798. The van der Waals surface area contributed by atoms with Crippen molar-refractivity contribution >= 4 is 17.2 Å². The number of hydrogen-bond acceptors (Lipinski definition) is 5. The van der Waals surface area contributed by atoms with E-state index in [-0.39, 0.29) is 11.9 Å². The summed E-state index contributed by atoms with van der Waals surface area (Å²) in [5.41, 5.74) is 1.75. The predicted octanol–water partition coefficient (Wildman–Crippen LogP) is 3.40. The molecule has 6 heteroatoms. The van der Waals surface area contributed by atoms with Crippen LogP contribution in [0.25, 0.3) is 10.8 Å². The van der Waals surface area contributed by atoms with Gasteiger partial charge in [0.05, 0.1) is 11.7 Å². The van der Waals surface area contributed by atoms with Crippen LogP contribution < -0.4 is 5.32 Å². The van der Waals surface area contributed by atoms with Crippen LogP contribution >= 0.6 is 11.3 Å². The molecule has 3 aromatic rings. The number of carbonyl (C=O) groups excluding carboxylic acids is 1. The summed E-state index contributed by atoms with van der Waals surface area (Å²) in [7, 11) is 0. The van der Waals surface area contributed by atoms with Gasteiger partial charge < -0.3 is 5.32 Å². The minimum absolute atomic E-state index is 0.0679. The molecule has 0 fully saturated rings. The molecule has 0 saturated carbocycles. The number of nitrogens with zero attached hydrogens (tertiary/aromatic N) is 3. The van der Waals surface area contributed by atoms with Gasteiger partial charge in [-0.3, -0.25) is 4.79 Å². The highest BCUT2D eigenvalue weighted by atomic mass is 32.1. The lowest BCUT2D eigenvalue weighted by atomic mass is 10.1. The van der Waals surface area contributed by atoms with Gasteiger partial charge in [-0.1, -0.05) is 30.3 Å². The normalized spacial score (nSPS) is 11.9. The molecule has 3 rings (SSSR count). The molecule has 5 nitrogen and oxygen atoms in total. The molecule has 0 aliphatic carbocycles. The molecule has 1 amide bonds. The molecule has 23 heavy (non-hydrogen) atoms. The van der Waals surface area contributed by atoms with E-state index in [2.05, 4.69) is 20.3 Å². The number of amides is 1. The van der Waals surface area contributed by atoms with Crippen molar-refractivity contribution in [3.05, 3.63) is 64.9 Å². The number of thiazole rings is 1. The smallest absolute Gasteiger partial charge is 0.263 e. The van der Waals surface area contributed by atoms with Crippen LogP contribution in [0.3, 0.4) is 0 Å². The van der Waals surface area contributed by atoms with E-state index < -0.39 is 0 Å². The first-order chi connectivity index (χ1) is 11.1. The molecule has 0 radical (unpaired) electrons. The summed E-state index contributed by atoms with van der Waals surface area (Å²) in [5, 5.41) is 3.66. The predicted molar refractivity (Wildman–Crippen MR) is 90.2 cm³/mol. The van der Waals surface area contributed by atoms with Crippen LogP contribution in [-0.4, -0.2) is 20.9 Å². The van der Waals surface area contributed by atoms with E-state index in [9.17, 15) is 4.79 Å². The third kappa shape index (κ3) is 3.43. The summed E-state index contributed by atoms with van der Waals surface area (Å²) in [5.74, 6) is 0.411. The summed E-state index contributed by atoms with van der Waals surface area (Å²) in [6.45, 7) is 3.79. The number of hydrogen-bond donors (Lipinski definition) is 1. The molecule has 1 N–H and O–H groups in total. The van der Waals surface area contributed by atoms with Crippen molar-refractivity contribution in [2.75, 3.05) is 0 Å². The van der Waals surface area contributed by atoms with Crippen molar-refractivity contribution in [3.8, 4) is 10.8 Å². The fourth-order valence-corrected chi connectivity index (χ4v) is 3.12. The lowest BCUT2D eigenvalue weighted by Crippen LogP contribution is -2.26. The second-order valence-corrected chi connectivity index (χ2v) is 6.11. The van der Waals surface area contributed by atoms with Crippen LogP contribution in [0, 0.1) is 6.92 Å². The van der Waals surface area contributed by atoms with E-state index >= 15 is 0 Å². The van der Waals surface area contributed by atoms with Crippen molar-refractivity contribution in [1.29, 1.82) is 0 Å². The zero-order valence-corrected chi connectivity index (χ0v) is 13.7. The molecule has 116 valence electrons. The third-order valence-corrected chi connectivity index (χ3v) is 4.56. The van der Waals surface area contributed by atoms with E-state index in [1.807, 2.05) is 44.2 Å². The number of carbonyl (C=O) groups is 1. The fourth-order valence-electron chi connectivity index (χ4n) is 2.20. The molecule has 1 atom stereocenters. The Balaban J connectivity index is 1.79. The Hall–Kier alpha value is -2.60. The van der Waals surface area contributed by atoms with E-state index in [1.54, 1.807) is 18.5 Å². The first kappa shape index (κ1) is 15.3. The standard InChI is InChI=1S/C17H16N4OS/c1-11(13-7-4-3-5-8-13)20-16(22)14-12(2)21-17(23-14)15-18-9-6-10-19-15/h3-11H,1-2H3,(H,20,22)/t11-/m1/s1. The zero-order valence-electron chi connectivity index (χ0n) is 12.9. The first-order valence-electron chi connectivity index (χ1n) is 7.26. The minimum Gasteiger partial charge on any atom is -0.345 e. The van der Waals surface area contributed by atoms with Gasteiger partial charge in [0.15, 0.2) is 10.8 Å². The van der Waals surface area contributed by atoms with Gasteiger partial charge in [0.2, 0.25) is 0 Å². The SMILES string of the molecule is Cc1nc(-c2ncccn2)sc1C(=O)N[C@H](C)c1ccccc1. The minimum atomic E-state index is -0.126. The maximum Gasteiger partial charge on any atom is 0.263 e. The Labute approximate surface area is 138 Å². The first-order valence-corrected chi connectivity index (χ1v) is 8.07. The number of aryl methyl sites for hydroxylation is 1. The molecular weight excluding hydrogens is 308 g/mol. The van der Waals surface area contributed by atoms with Gasteiger partial charge >= 0.3 is 0 Å². The number of nitrogens with one attached hydrogen (secondary N) is 1. The summed E-state index contributed by atoms with van der Waals surface area (Å²) >= 11 is 1.31. The fraction of sp³-hybridized carbons (Fsp3) is 0.176. The molecule has 0 saturated heterocycles. The van der Waals surface area contributed by atoms with Gasteiger partial charge in [-0.15, -0.1) is 11.3 Å². The van der Waals surface area contributed by atoms with Crippen LogP contribution in [0.2, 0.25) is 0 Å². The Bertz CT molecular complexity index is 802. The molecule has 2 heterocycles. The maximum absolute atomic E-state index is 12.5. The van der Waals surface area contributed by atoms with Gasteiger partial charge in [0, 0.05) is 12.4 Å².